The predicted molar refractivity (Wildman–Crippen MR) is 155 cm³/mol. The topological polar surface area (TPSA) is 99.1 Å². The molecule has 0 saturated heterocycles. The van der Waals surface area contributed by atoms with E-state index in [-0.39, 0.29) is 11.7 Å². The Hall–Kier alpha value is -4.26. The molecule has 1 N–H and O–H groups in total. The number of benzene rings is 2. The third kappa shape index (κ3) is 4.21. The molecule has 0 bridgehead atoms. The first-order chi connectivity index (χ1) is 18.8. The van der Waals surface area contributed by atoms with E-state index in [9.17, 15) is 14.7 Å². The van der Waals surface area contributed by atoms with Crippen molar-refractivity contribution in [3.05, 3.63) is 92.7 Å². The summed E-state index contributed by atoms with van der Waals surface area (Å²) in [6.45, 7) is 14.3. The summed E-state index contributed by atoms with van der Waals surface area (Å²) in [5.41, 5.74) is 0.435. The fraction of sp³-hybridized carbons (Fsp3) is 0.333. The van der Waals surface area contributed by atoms with Gasteiger partial charge in [-0.3, -0.25) is 0 Å². The summed E-state index contributed by atoms with van der Waals surface area (Å²) < 4.78 is 24.4. The monoisotopic (exact) mass is 540 g/mol. The van der Waals surface area contributed by atoms with Gasteiger partial charge >= 0.3 is 11.3 Å². The van der Waals surface area contributed by atoms with Crippen LogP contribution in [-0.2, 0) is 5.41 Å². The molecule has 0 saturated carbocycles. The summed E-state index contributed by atoms with van der Waals surface area (Å²) >= 11 is 0. The second kappa shape index (κ2) is 8.62. The standard InChI is InChI=1S/C33H32O7/c1-7-31(2,3)27-29-21(9-11-25(36)38-29)28-26-20(16-32(4,5)39-30(26)27)17-33(6,40-28)13-12-18-14-19-8-10-24(35)37-23(19)15-22(18)34/h7-15,20,34H,1,16-17H2,2-6H3/b13-12-. The predicted octanol–water partition coefficient (Wildman–Crippen LogP) is 6.97. The molecule has 0 spiro atoms. The first-order valence-electron chi connectivity index (χ1n) is 13.4. The molecule has 2 aliphatic heterocycles. The van der Waals surface area contributed by atoms with Gasteiger partial charge in [-0.15, -0.1) is 6.58 Å². The minimum atomic E-state index is -0.745. The molecule has 40 heavy (non-hydrogen) atoms. The van der Waals surface area contributed by atoms with Crippen LogP contribution in [0.5, 0.6) is 17.2 Å². The fourth-order valence-electron chi connectivity index (χ4n) is 6.12. The molecule has 7 nitrogen and oxygen atoms in total. The zero-order valence-electron chi connectivity index (χ0n) is 23.3. The maximum absolute atomic E-state index is 12.4. The Morgan fingerprint density at radius 2 is 1.70 bits per heavy atom. The highest BCUT2D eigenvalue weighted by molar-refractivity contribution is 5.92. The Morgan fingerprint density at radius 3 is 2.45 bits per heavy atom. The van der Waals surface area contributed by atoms with Crippen molar-refractivity contribution in [3.63, 3.8) is 0 Å². The van der Waals surface area contributed by atoms with Crippen LogP contribution in [0.15, 0.2) is 73.6 Å². The normalized spacial score (nSPS) is 21.7. The summed E-state index contributed by atoms with van der Waals surface area (Å²) in [5.74, 6) is 1.44. The van der Waals surface area contributed by atoms with Gasteiger partial charge in [-0.25, -0.2) is 9.59 Å². The lowest BCUT2D eigenvalue weighted by Gasteiger charge is -2.47. The smallest absolute Gasteiger partial charge is 0.336 e. The van der Waals surface area contributed by atoms with Crippen molar-refractivity contribution in [3.8, 4) is 17.2 Å². The molecule has 0 aliphatic carbocycles. The quantitative estimate of drug-likeness (QED) is 0.220. The van der Waals surface area contributed by atoms with E-state index in [1.807, 2.05) is 39.0 Å². The number of ether oxygens (including phenoxy) is 2. The van der Waals surface area contributed by atoms with E-state index in [1.54, 1.807) is 18.2 Å². The van der Waals surface area contributed by atoms with Gasteiger partial charge in [0.1, 0.15) is 39.6 Å². The van der Waals surface area contributed by atoms with Crippen LogP contribution in [0.25, 0.3) is 28.0 Å². The highest BCUT2D eigenvalue weighted by atomic mass is 16.5. The van der Waals surface area contributed by atoms with Crippen LogP contribution in [0.2, 0.25) is 0 Å². The minimum absolute atomic E-state index is 0.00378. The Labute approximate surface area is 231 Å². The van der Waals surface area contributed by atoms with Crippen LogP contribution in [0.1, 0.15) is 70.1 Å². The van der Waals surface area contributed by atoms with Crippen LogP contribution in [0.3, 0.4) is 0 Å². The van der Waals surface area contributed by atoms with Crippen LogP contribution in [0.4, 0.5) is 0 Å². The summed E-state index contributed by atoms with van der Waals surface area (Å²) in [7, 11) is 0. The maximum atomic E-state index is 12.4. The van der Waals surface area contributed by atoms with Crippen molar-refractivity contribution >= 4 is 28.0 Å². The molecule has 0 fully saturated rings. The lowest BCUT2D eigenvalue weighted by atomic mass is 9.72. The molecule has 0 radical (unpaired) electrons. The van der Waals surface area contributed by atoms with Crippen LogP contribution in [-0.4, -0.2) is 16.3 Å². The van der Waals surface area contributed by atoms with Gasteiger partial charge in [0.2, 0.25) is 0 Å². The van der Waals surface area contributed by atoms with E-state index in [2.05, 4.69) is 20.4 Å². The molecule has 2 unspecified atom stereocenters. The number of allylic oxidation sites excluding steroid dienone is 1. The molecule has 4 aromatic rings. The highest BCUT2D eigenvalue weighted by Gasteiger charge is 2.47. The first kappa shape index (κ1) is 26.0. The number of hydrogen-bond donors (Lipinski definition) is 1. The Balaban J connectivity index is 1.53. The Bertz CT molecular complexity index is 1850. The summed E-state index contributed by atoms with van der Waals surface area (Å²) in [4.78, 5) is 24.0. The van der Waals surface area contributed by atoms with Crippen LogP contribution < -0.4 is 20.7 Å². The second-order valence-electron chi connectivity index (χ2n) is 12.3. The maximum Gasteiger partial charge on any atom is 0.336 e. The van der Waals surface area contributed by atoms with Gasteiger partial charge in [0.05, 0.1) is 5.39 Å². The summed E-state index contributed by atoms with van der Waals surface area (Å²) in [6.07, 6.45) is 7.07. The average molecular weight is 541 g/mol. The number of aromatic hydroxyl groups is 1. The number of fused-ring (bicyclic) bond motifs is 3. The van der Waals surface area contributed by atoms with E-state index in [0.29, 0.717) is 45.4 Å². The van der Waals surface area contributed by atoms with Gasteiger partial charge in [-0.05, 0) is 63.8 Å². The lowest BCUT2D eigenvalue weighted by molar-refractivity contribution is 0.0319. The fourth-order valence-corrected chi connectivity index (χ4v) is 6.12. The van der Waals surface area contributed by atoms with Crippen molar-refractivity contribution in [1.82, 2.24) is 0 Å². The van der Waals surface area contributed by atoms with Gasteiger partial charge in [-0.2, -0.15) is 0 Å². The van der Waals surface area contributed by atoms with Gasteiger partial charge in [0.15, 0.2) is 0 Å². The van der Waals surface area contributed by atoms with Crippen molar-refractivity contribution in [1.29, 1.82) is 0 Å². The zero-order chi connectivity index (χ0) is 28.6. The van der Waals surface area contributed by atoms with Crippen LogP contribution >= 0.6 is 0 Å². The third-order valence-electron chi connectivity index (χ3n) is 8.07. The summed E-state index contributed by atoms with van der Waals surface area (Å²) in [5, 5.41) is 12.1. The SMILES string of the molecule is C=CC(C)(C)c1c2c3c(c4ccc(=O)oc14)OC(C)(/C=C\c1cc4ccc(=O)oc4cc1O)CC3CC(C)(C)O2. The van der Waals surface area contributed by atoms with E-state index < -0.39 is 27.9 Å². The second-order valence-corrected chi connectivity index (χ2v) is 12.3. The molecule has 4 heterocycles. The number of phenols is 1. The molecule has 0 amide bonds. The van der Waals surface area contributed by atoms with Gasteiger partial charge in [0, 0.05) is 45.7 Å². The number of rotatable bonds is 4. The van der Waals surface area contributed by atoms with Gasteiger partial charge in [-0.1, -0.05) is 26.0 Å². The molecular formula is C33H32O7. The molecule has 6 rings (SSSR count). The lowest BCUT2D eigenvalue weighted by Crippen LogP contribution is -2.43. The molecule has 206 valence electrons. The van der Waals surface area contributed by atoms with E-state index in [0.717, 1.165) is 17.5 Å². The van der Waals surface area contributed by atoms with E-state index in [1.165, 1.54) is 18.2 Å². The molecule has 2 aliphatic rings. The van der Waals surface area contributed by atoms with E-state index >= 15 is 0 Å². The number of hydrogen-bond acceptors (Lipinski definition) is 7. The largest absolute Gasteiger partial charge is 0.507 e. The van der Waals surface area contributed by atoms with Crippen LogP contribution in [0, 0.1) is 0 Å². The molecule has 2 atom stereocenters. The number of phenolic OH excluding ortho intramolecular Hbond substituents is 1. The van der Waals surface area contributed by atoms with Gasteiger partial charge < -0.3 is 23.4 Å². The molecule has 2 aromatic carbocycles. The molecule has 7 heteroatoms. The Morgan fingerprint density at radius 1 is 0.975 bits per heavy atom. The Kier molecular flexibility index (Phi) is 5.60. The third-order valence-corrected chi connectivity index (χ3v) is 8.07. The van der Waals surface area contributed by atoms with Crippen molar-refractivity contribution in [2.24, 2.45) is 0 Å². The first-order valence-corrected chi connectivity index (χ1v) is 13.4. The molecule has 2 aromatic heterocycles. The highest BCUT2D eigenvalue weighted by Crippen LogP contribution is 2.58. The van der Waals surface area contributed by atoms with Gasteiger partial charge in [0.25, 0.3) is 0 Å². The van der Waals surface area contributed by atoms with Crippen molar-refractivity contribution < 1.29 is 23.4 Å². The van der Waals surface area contributed by atoms with E-state index in [4.69, 9.17) is 18.3 Å². The van der Waals surface area contributed by atoms with Crippen molar-refractivity contribution in [2.75, 3.05) is 0 Å². The molecular weight excluding hydrogens is 508 g/mol. The average Bonchev–Trinajstić information content (AvgIpc) is 2.86. The minimum Gasteiger partial charge on any atom is -0.507 e. The van der Waals surface area contributed by atoms with Crippen molar-refractivity contribution in [2.45, 2.75) is 70.0 Å². The summed E-state index contributed by atoms with van der Waals surface area (Å²) in [6, 6.07) is 9.41. The zero-order valence-corrected chi connectivity index (χ0v) is 23.3.